The number of ketones is 1. The lowest BCUT2D eigenvalue weighted by atomic mass is 9.66. The van der Waals surface area contributed by atoms with Crippen LogP contribution in [-0.4, -0.2) is 5.78 Å². The minimum Gasteiger partial charge on any atom is -0.294 e. The Morgan fingerprint density at radius 2 is 1.67 bits per heavy atom. The molecule has 0 saturated heterocycles. The molecule has 0 spiro atoms. The van der Waals surface area contributed by atoms with E-state index in [1.54, 1.807) is 0 Å². The molecule has 2 aromatic rings. The summed E-state index contributed by atoms with van der Waals surface area (Å²) < 4.78 is 0. The van der Waals surface area contributed by atoms with Crippen LogP contribution in [-0.2, 0) is 0 Å². The summed E-state index contributed by atoms with van der Waals surface area (Å²) in [5.41, 5.74) is 6.03. The summed E-state index contributed by atoms with van der Waals surface area (Å²) in [7, 11) is 0. The number of Topliss-reactive ketones (excluding diaryl/α,β-unsaturated/α-hetero) is 1. The van der Waals surface area contributed by atoms with Crippen LogP contribution in [0, 0.1) is 18.8 Å². The van der Waals surface area contributed by atoms with Crippen LogP contribution in [0.4, 0.5) is 0 Å². The van der Waals surface area contributed by atoms with E-state index in [0.717, 1.165) is 18.4 Å². The topological polar surface area (TPSA) is 17.1 Å². The molecule has 0 unspecified atom stereocenters. The van der Waals surface area contributed by atoms with Gasteiger partial charge in [0.25, 0.3) is 0 Å². The number of hydrogen-bond donors (Lipinski definition) is 0. The van der Waals surface area contributed by atoms with Crippen molar-refractivity contribution in [3.05, 3.63) is 94.6 Å². The van der Waals surface area contributed by atoms with Gasteiger partial charge in [0.15, 0.2) is 5.78 Å². The Hall–Kier alpha value is -2.41. The van der Waals surface area contributed by atoms with Crippen LogP contribution in [0.2, 0.25) is 0 Å². The highest BCUT2D eigenvalue weighted by atomic mass is 16.1. The number of carbonyl (C=O) groups is 1. The second-order valence-corrected chi connectivity index (χ2v) is 8.08. The van der Waals surface area contributed by atoms with Gasteiger partial charge in [0, 0.05) is 11.5 Å². The van der Waals surface area contributed by atoms with E-state index >= 15 is 0 Å². The molecule has 0 aliphatic heterocycles. The van der Waals surface area contributed by atoms with Crippen molar-refractivity contribution in [2.24, 2.45) is 11.8 Å². The van der Waals surface area contributed by atoms with E-state index in [0.29, 0.717) is 0 Å². The molecule has 1 aliphatic rings. The second-order valence-electron chi connectivity index (χ2n) is 8.08. The average molecular weight is 359 g/mol. The van der Waals surface area contributed by atoms with Gasteiger partial charge in [-0.05, 0) is 57.9 Å². The molecular formula is C26H30O. The maximum Gasteiger partial charge on any atom is 0.167 e. The van der Waals surface area contributed by atoms with E-state index in [-0.39, 0.29) is 23.5 Å². The summed E-state index contributed by atoms with van der Waals surface area (Å²) >= 11 is 0. The smallest absolute Gasteiger partial charge is 0.167 e. The van der Waals surface area contributed by atoms with E-state index in [4.69, 9.17) is 0 Å². The van der Waals surface area contributed by atoms with Crippen LogP contribution in [0.25, 0.3) is 0 Å². The van der Waals surface area contributed by atoms with E-state index in [9.17, 15) is 4.79 Å². The lowest BCUT2D eigenvalue weighted by Gasteiger charge is -2.37. The van der Waals surface area contributed by atoms with Crippen LogP contribution < -0.4 is 0 Å². The van der Waals surface area contributed by atoms with Crippen LogP contribution >= 0.6 is 0 Å². The molecule has 0 saturated carbocycles. The van der Waals surface area contributed by atoms with Crippen molar-refractivity contribution in [3.63, 3.8) is 0 Å². The SMILES string of the molecule is CC(C)=CC[C@@H]1C(C)=CC[C@@H](c2ccc(C)cc2)[C@@H]1C(=O)c1ccccc1. The molecule has 2 aromatic carbocycles. The fraction of sp³-hybridized carbons (Fsp3) is 0.346. The number of hydrogen-bond acceptors (Lipinski definition) is 1. The molecule has 0 N–H and O–H groups in total. The van der Waals surface area contributed by atoms with Crippen molar-refractivity contribution >= 4 is 5.78 Å². The Morgan fingerprint density at radius 3 is 2.30 bits per heavy atom. The molecule has 1 heteroatoms. The Morgan fingerprint density at radius 1 is 1.00 bits per heavy atom. The first kappa shape index (κ1) is 19.4. The summed E-state index contributed by atoms with van der Waals surface area (Å²) in [4.78, 5) is 13.6. The zero-order chi connectivity index (χ0) is 19.4. The van der Waals surface area contributed by atoms with Crippen LogP contribution in [0.15, 0.2) is 77.9 Å². The van der Waals surface area contributed by atoms with E-state index in [1.807, 2.05) is 30.3 Å². The van der Waals surface area contributed by atoms with Crippen LogP contribution in [0.3, 0.4) is 0 Å². The Kier molecular flexibility index (Phi) is 6.11. The highest BCUT2D eigenvalue weighted by molar-refractivity contribution is 5.99. The van der Waals surface area contributed by atoms with Gasteiger partial charge in [-0.3, -0.25) is 4.79 Å². The number of aryl methyl sites for hydroxylation is 1. The van der Waals surface area contributed by atoms with Crippen molar-refractivity contribution in [1.82, 2.24) is 0 Å². The van der Waals surface area contributed by atoms with Gasteiger partial charge >= 0.3 is 0 Å². The minimum absolute atomic E-state index is 0.0179. The summed E-state index contributed by atoms with van der Waals surface area (Å²) in [5.74, 6) is 0.752. The molecule has 27 heavy (non-hydrogen) atoms. The largest absolute Gasteiger partial charge is 0.294 e. The molecule has 3 atom stereocenters. The Bertz CT molecular complexity index is 836. The third kappa shape index (κ3) is 4.47. The highest BCUT2D eigenvalue weighted by Crippen LogP contribution is 2.44. The summed E-state index contributed by atoms with van der Waals surface area (Å²) in [6.07, 6.45) is 6.49. The van der Waals surface area contributed by atoms with Crippen molar-refractivity contribution in [2.45, 2.75) is 46.5 Å². The van der Waals surface area contributed by atoms with Gasteiger partial charge in [0.05, 0.1) is 0 Å². The lowest BCUT2D eigenvalue weighted by molar-refractivity contribution is 0.0850. The van der Waals surface area contributed by atoms with Crippen LogP contribution in [0.1, 0.15) is 61.0 Å². The molecule has 3 rings (SSSR count). The normalized spacial score (nSPS) is 22.1. The molecule has 0 radical (unpaired) electrons. The maximum atomic E-state index is 13.6. The standard InChI is InChI=1S/C26H30O/c1-18(2)10-16-23-20(4)13-17-24(21-14-11-19(3)12-15-21)25(23)26(27)22-8-6-5-7-9-22/h5-15,23-25H,16-17H2,1-4H3/t23-,24+,25-/m1/s1. The minimum atomic E-state index is -0.0179. The predicted molar refractivity (Wildman–Crippen MR) is 114 cm³/mol. The summed E-state index contributed by atoms with van der Waals surface area (Å²) in [6, 6.07) is 18.6. The second kappa shape index (κ2) is 8.52. The van der Waals surface area contributed by atoms with Gasteiger partial charge in [0.2, 0.25) is 0 Å². The van der Waals surface area contributed by atoms with Crippen molar-refractivity contribution < 1.29 is 4.79 Å². The first-order valence-corrected chi connectivity index (χ1v) is 9.93. The molecule has 0 aromatic heterocycles. The van der Waals surface area contributed by atoms with Gasteiger partial charge < -0.3 is 0 Å². The molecular weight excluding hydrogens is 328 g/mol. The molecule has 0 amide bonds. The lowest BCUT2D eigenvalue weighted by Crippen LogP contribution is -2.33. The fourth-order valence-electron chi connectivity index (χ4n) is 4.19. The first-order chi connectivity index (χ1) is 13.0. The number of carbonyl (C=O) groups excluding carboxylic acids is 1. The van der Waals surface area contributed by atoms with Gasteiger partial charge in [-0.15, -0.1) is 0 Å². The molecule has 1 aliphatic carbocycles. The van der Waals surface area contributed by atoms with Crippen LogP contribution in [0.5, 0.6) is 0 Å². The molecule has 0 fully saturated rings. The zero-order valence-electron chi connectivity index (χ0n) is 16.9. The monoisotopic (exact) mass is 358 g/mol. The highest BCUT2D eigenvalue weighted by Gasteiger charge is 2.38. The molecule has 0 bridgehead atoms. The zero-order valence-corrected chi connectivity index (χ0v) is 16.9. The predicted octanol–water partition coefficient (Wildman–Crippen LogP) is 6.90. The number of benzene rings is 2. The first-order valence-electron chi connectivity index (χ1n) is 9.93. The van der Waals surface area contributed by atoms with Gasteiger partial charge in [-0.2, -0.15) is 0 Å². The quantitative estimate of drug-likeness (QED) is 0.419. The Balaban J connectivity index is 2.04. The summed E-state index contributed by atoms with van der Waals surface area (Å²) in [5, 5.41) is 0. The average Bonchev–Trinajstić information content (AvgIpc) is 2.67. The Labute approximate surface area is 163 Å². The van der Waals surface area contributed by atoms with E-state index in [1.165, 1.54) is 22.3 Å². The van der Waals surface area contributed by atoms with Gasteiger partial charge in [0.1, 0.15) is 0 Å². The van der Waals surface area contributed by atoms with Crippen molar-refractivity contribution in [2.75, 3.05) is 0 Å². The van der Waals surface area contributed by atoms with Crippen molar-refractivity contribution in [1.29, 1.82) is 0 Å². The van der Waals surface area contributed by atoms with E-state index in [2.05, 4.69) is 64.1 Å². The number of rotatable bonds is 5. The van der Waals surface area contributed by atoms with Crippen molar-refractivity contribution in [3.8, 4) is 0 Å². The molecule has 0 heterocycles. The van der Waals surface area contributed by atoms with Gasteiger partial charge in [-0.25, -0.2) is 0 Å². The molecule has 140 valence electrons. The number of allylic oxidation sites excluding steroid dienone is 4. The molecule has 1 nitrogen and oxygen atoms in total. The van der Waals surface area contributed by atoms with Gasteiger partial charge in [-0.1, -0.05) is 83.5 Å². The fourth-order valence-corrected chi connectivity index (χ4v) is 4.19. The third-order valence-corrected chi connectivity index (χ3v) is 5.79. The third-order valence-electron chi connectivity index (χ3n) is 5.79. The van der Waals surface area contributed by atoms with E-state index < -0.39 is 0 Å². The summed E-state index contributed by atoms with van der Waals surface area (Å²) in [6.45, 7) is 8.57. The maximum absolute atomic E-state index is 13.6.